The predicted octanol–water partition coefficient (Wildman–Crippen LogP) is 5.44. The van der Waals surface area contributed by atoms with Gasteiger partial charge in [0.05, 0.1) is 0 Å². The number of benzene rings is 2. The lowest BCUT2D eigenvalue weighted by Crippen LogP contribution is -2.60. The topological polar surface area (TPSA) is 9.23 Å². The fraction of sp³-hybridized carbons (Fsp3) is 0.455. The third-order valence-corrected chi connectivity index (χ3v) is 7.14. The standard InChI is InChI=1S/C22H22O/c1-2-4-19-16(3-1)5-6-21-20(19)7-8-22(23-21)17-10-14-9-15(12-17)13-18(22)11-14/h1-8,14-15,17-18H,9-13H2. The molecule has 1 nitrogen and oxygen atoms in total. The van der Waals surface area contributed by atoms with E-state index in [2.05, 4.69) is 48.6 Å². The van der Waals surface area contributed by atoms with Crippen LogP contribution in [0.1, 0.15) is 37.7 Å². The van der Waals surface area contributed by atoms with Crippen LogP contribution in [0, 0.1) is 23.7 Å². The van der Waals surface area contributed by atoms with E-state index in [0.29, 0.717) is 0 Å². The van der Waals surface area contributed by atoms with Crippen molar-refractivity contribution in [2.24, 2.45) is 23.7 Å². The summed E-state index contributed by atoms with van der Waals surface area (Å²) in [6, 6.07) is 13.1. The molecule has 2 aromatic carbocycles. The summed E-state index contributed by atoms with van der Waals surface area (Å²) >= 11 is 0. The molecule has 5 aliphatic rings. The summed E-state index contributed by atoms with van der Waals surface area (Å²) < 4.78 is 6.82. The maximum absolute atomic E-state index is 6.82. The highest BCUT2D eigenvalue weighted by Gasteiger charge is 2.58. The largest absolute Gasteiger partial charge is 0.482 e. The van der Waals surface area contributed by atoms with Gasteiger partial charge in [-0.25, -0.2) is 0 Å². The number of hydrogen-bond donors (Lipinski definition) is 0. The Morgan fingerprint density at radius 1 is 0.826 bits per heavy atom. The second-order valence-corrected chi connectivity index (χ2v) is 8.29. The molecular formula is C22H22O. The number of rotatable bonds is 0. The Balaban J connectivity index is 1.49. The van der Waals surface area contributed by atoms with Gasteiger partial charge in [-0.3, -0.25) is 0 Å². The first-order chi connectivity index (χ1) is 11.3. The van der Waals surface area contributed by atoms with Gasteiger partial charge >= 0.3 is 0 Å². The maximum atomic E-state index is 6.82. The van der Waals surface area contributed by atoms with Crippen LogP contribution >= 0.6 is 0 Å². The van der Waals surface area contributed by atoms with E-state index in [-0.39, 0.29) is 5.60 Å². The van der Waals surface area contributed by atoms with Crippen LogP contribution in [-0.4, -0.2) is 5.60 Å². The first kappa shape index (κ1) is 12.6. The quantitative estimate of drug-likeness (QED) is 0.629. The van der Waals surface area contributed by atoms with Crippen LogP contribution in [0.15, 0.2) is 42.5 Å². The van der Waals surface area contributed by atoms with Crippen LogP contribution in [0.25, 0.3) is 16.8 Å². The summed E-state index contributed by atoms with van der Waals surface area (Å²) in [6.07, 6.45) is 11.9. The second kappa shape index (κ2) is 4.20. The van der Waals surface area contributed by atoms with Crippen molar-refractivity contribution >= 4 is 16.8 Å². The van der Waals surface area contributed by atoms with E-state index < -0.39 is 0 Å². The minimum absolute atomic E-state index is 0.00285. The first-order valence-corrected chi connectivity index (χ1v) is 9.22. The SMILES string of the molecule is C1=CC2(Oc3ccc4ccccc4c31)C1CC3CC(C1)CC2C3. The van der Waals surface area contributed by atoms with Gasteiger partial charge in [-0.05, 0) is 66.9 Å². The van der Waals surface area contributed by atoms with Crippen LogP contribution in [0.3, 0.4) is 0 Å². The second-order valence-electron chi connectivity index (χ2n) is 8.29. The molecule has 0 atom stereocenters. The lowest BCUT2D eigenvalue weighted by atomic mass is 9.49. The zero-order chi connectivity index (χ0) is 15.0. The summed E-state index contributed by atoms with van der Waals surface area (Å²) in [5.41, 5.74) is 1.28. The smallest absolute Gasteiger partial charge is 0.133 e. The van der Waals surface area contributed by atoms with Gasteiger partial charge in [-0.1, -0.05) is 36.4 Å². The van der Waals surface area contributed by atoms with Crippen molar-refractivity contribution < 1.29 is 4.74 Å². The van der Waals surface area contributed by atoms with E-state index in [1.165, 1.54) is 48.4 Å². The Kier molecular flexibility index (Phi) is 2.31. The molecular weight excluding hydrogens is 280 g/mol. The van der Waals surface area contributed by atoms with Crippen LogP contribution in [0.4, 0.5) is 0 Å². The molecule has 23 heavy (non-hydrogen) atoms. The van der Waals surface area contributed by atoms with Crippen molar-refractivity contribution in [1.82, 2.24) is 0 Å². The number of hydrogen-bond acceptors (Lipinski definition) is 1. The third-order valence-electron chi connectivity index (χ3n) is 7.14. The van der Waals surface area contributed by atoms with Gasteiger partial charge in [-0.2, -0.15) is 0 Å². The van der Waals surface area contributed by atoms with Crippen molar-refractivity contribution in [3.8, 4) is 5.75 Å². The zero-order valence-corrected chi connectivity index (χ0v) is 13.4. The molecule has 1 heterocycles. The summed E-state index contributed by atoms with van der Waals surface area (Å²) in [5.74, 6) is 4.57. The Labute approximate surface area is 137 Å². The van der Waals surface area contributed by atoms with Crippen molar-refractivity contribution in [2.75, 3.05) is 0 Å². The molecule has 1 spiro atoms. The fourth-order valence-electron chi connectivity index (χ4n) is 6.33. The van der Waals surface area contributed by atoms with Gasteiger partial charge in [-0.15, -0.1) is 0 Å². The minimum atomic E-state index is 0.00285. The van der Waals surface area contributed by atoms with Gasteiger partial charge in [0.2, 0.25) is 0 Å². The molecule has 4 saturated carbocycles. The van der Waals surface area contributed by atoms with Gasteiger partial charge in [0.1, 0.15) is 11.4 Å². The van der Waals surface area contributed by atoms with E-state index in [1.807, 2.05) is 0 Å². The molecule has 0 aromatic heterocycles. The summed E-state index contributed by atoms with van der Waals surface area (Å²) in [4.78, 5) is 0. The Morgan fingerprint density at radius 3 is 2.35 bits per heavy atom. The summed E-state index contributed by atoms with van der Waals surface area (Å²) in [5, 5.41) is 2.63. The van der Waals surface area contributed by atoms with Crippen LogP contribution < -0.4 is 4.74 Å². The Morgan fingerprint density at radius 2 is 1.57 bits per heavy atom. The van der Waals surface area contributed by atoms with Crippen LogP contribution in [-0.2, 0) is 0 Å². The zero-order valence-electron chi connectivity index (χ0n) is 13.4. The molecule has 0 amide bonds. The van der Waals surface area contributed by atoms with Crippen molar-refractivity contribution in [2.45, 2.75) is 37.7 Å². The highest BCUT2D eigenvalue weighted by molar-refractivity contribution is 5.93. The lowest BCUT2D eigenvalue weighted by molar-refractivity contribution is -0.128. The van der Waals surface area contributed by atoms with Crippen molar-refractivity contribution in [3.63, 3.8) is 0 Å². The molecule has 4 aliphatic carbocycles. The molecule has 7 rings (SSSR count). The van der Waals surface area contributed by atoms with Gasteiger partial charge in [0, 0.05) is 17.4 Å². The molecule has 0 N–H and O–H groups in total. The third kappa shape index (κ3) is 1.58. The maximum Gasteiger partial charge on any atom is 0.133 e. The monoisotopic (exact) mass is 302 g/mol. The molecule has 1 heteroatoms. The minimum Gasteiger partial charge on any atom is -0.482 e. The Bertz CT molecular complexity index is 803. The summed E-state index contributed by atoms with van der Waals surface area (Å²) in [6.45, 7) is 0. The Hall–Kier alpha value is -1.76. The lowest BCUT2D eigenvalue weighted by Gasteiger charge is -2.60. The average Bonchev–Trinajstić information content (AvgIpc) is 2.59. The van der Waals surface area contributed by atoms with E-state index in [1.54, 1.807) is 0 Å². The highest BCUT2D eigenvalue weighted by atomic mass is 16.5. The average molecular weight is 302 g/mol. The van der Waals surface area contributed by atoms with Crippen molar-refractivity contribution in [3.05, 3.63) is 48.0 Å². The molecule has 0 radical (unpaired) electrons. The molecule has 4 bridgehead atoms. The van der Waals surface area contributed by atoms with E-state index >= 15 is 0 Å². The van der Waals surface area contributed by atoms with E-state index in [4.69, 9.17) is 4.74 Å². The molecule has 1 aliphatic heterocycles. The predicted molar refractivity (Wildman–Crippen MR) is 93.4 cm³/mol. The molecule has 4 fully saturated rings. The van der Waals surface area contributed by atoms with E-state index in [0.717, 1.165) is 29.4 Å². The fourth-order valence-corrected chi connectivity index (χ4v) is 6.33. The van der Waals surface area contributed by atoms with Crippen molar-refractivity contribution in [1.29, 1.82) is 0 Å². The van der Waals surface area contributed by atoms with E-state index in [9.17, 15) is 0 Å². The molecule has 2 aromatic rings. The molecule has 0 unspecified atom stereocenters. The van der Waals surface area contributed by atoms with Crippen LogP contribution in [0.2, 0.25) is 0 Å². The number of ether oxygens (including phenoxy) is 1. The first-order valence-electron chi connectivity index (χ1n) is 9.22. The number of fused-ring (bicyclic) bond motifs is 3. The summed E-state index contributed by atoms with van der Waals surface area (Å²) in [7, 11) is 0. The molecule has 116 valence electrons. The van der Waals surface area contributed by atoms with Gasteiger partial charge in [0.25, 0.3) is 0 Å². The van der Waals surface area contributed by atoms with Gasteiger partial charge in [0.15, 0.2) is 0 Å². The highest BCUT2D eigenvalue weighted by Crippen LogP contribution is 2.61. The normalized spacial score (nSPS) is 39.7. The molecule has 0 saturated heterocycles. The van der Waals surface area contributed by atoms with Gasteiger partial charge < -0.3 is 4.74 Å². The van der Waals surface area contributed by atoms with Crippen LogP contribution in [0.5, 0.6) is 5.75 Å².